The van der Waals surface area contributed by atoms with E-state index in [2.05, 4.69) is 18.7 Å². The number of para-hydroxylation sites is 1. The zero-order valence-corrected chi connectivity index (χ0v) is 17.9. The number of benzene rings is 2. The van der Waals surface area contributed by atoms with Crippen LogP contribution < -0.4 is 4.74 Å². The van der Waals surface area contributed by atoms with Crippen LogP contribution in [0.1, 0.15) is 25.3 Å². The average molecular weight is 419 g/mol. The maximum absolute atomic E-state index is 12.7. The Hall–Kier alpha value is -1.93. The summed E-state index contributed by atoms with van der Waals surface area (Å²) in [6, 6.07) is 16.4. The zero-order chi connectivity index (χ0) is 20.9. The van der Waals surface area contributed by atoms with E-state index in [4.69, 9.17) is 4.74 Å². The minimum Gasteiger partial charge on any atom is -0.491 e. The van der Waals surface area contributed by atoms with Gasteiger partial charge in [0.15, 0.2) is 0 Å². The molecule has 0 bridgehead atoms. The largest absolute Gasteiger partial charge is 0.491 e. The first-order valence-corrected chi connectivity index (χ1v) is 11.5. The second kappa shape index (κ2) is 9.71. The van der Waals surface area contributed by atoms with Gasteiger partial charge in [0.2, 0.25) is 10.0 Å². The number of aliphatic hydroxyl groups excluding tert-OH is 1. The van der Waals surface area contributed by atoms with Crippen LogP contribution in [-0.4, -0.2) is 68.2 Å². The standard InChI is InChI=1S/C22H30N2O4S/c1-18(2)21-10-6-7-11-22(21)28-17-19(25)16-23-12-14-24(15-13-23)29(26,27)20-8-4-3-5-9-20/h3-11,18-19,25H,12-17H2,1-2H3. The summed E-state index contributed by atoms with van der Waals surface area (Å²) in [5, 5.41) is 10.4. The quantitative estimate of drug-likeness (QED) is 0.714. The number of hydrogen-bond donors (Lipinski definition) is 1. The molecule has 2 aromatic carbocycles. The maximum Gasteiger partial charge on any atom is 0.243 e. The van der Waals surface area contributed by atoms with Crippen molar-refractivity contribution in [2.24, 2.45) is 0 Å². The Bertz CT molecular complexity index is 879. The van der Waals surface area contributed by atoms with Gasteiger partial charge in [0.1, 0.15) is 18.5 Å². The van der Waals surface area contributed by atoms with Crippen molar-refractivity contribution in [1.82, 2.24) is 9.21 Å². The first-order chi connectivity index (χ1) is 13.9. The Labute approximate surface area is 173 Å². The Morgan fingerprint density at radius 3 is 2.24 bits per heavy atom. The molecule has 2 aromatic rings. The van der Waals surface area contributed by atoms with Crippen LogP contribution in [0.15, 0.2) is 59.5 Å². The molecule has 1 aliphatic heterocycles. The molecular formula is C22H30N2O4S. The lowest BCUT2D eigenvalue weighted by Gasteiger charge is -2.34. The molecule has 1 N–H and O–H groups in total. The second-order valence-corrected chi connectivity index (χ2v) is 9.61. The fraction of sp³-hybridized carbons (Fsp3) is 0.455. The number of β-amino-alcohol motifs (C(OH)–C–C–N with tert-alkyl or cyclic N) is 1. The third-order valence-corrected chi connectivity index (χ3v) is 7.07. The Balaban J connectivity index is 1.48. The van der Waals surface area contributed by atoms with Gasteiger partial charge in [-0.3, -0.25) is 4.90 Å². The molecule has 0 aliphatic carbocycles. The van der Waals surface area contributed by atoms with Gasteiger partial charge >= 0.3 is 0 Å². The summed E-state index contributed by atoms with van der Waals surface area (Å²) in [4.78, 5) is 2.41. The van der Waals surface area contributed by atoms with Gasteiger partial charge in [0.05, 0.1) is 4.90 Å². The normalized spacial score (nSPS) is 17.4. The predicted octanol–water partition coefficient (Wildman–Crippen LogP) is 2.56. The number of ether oxygens (including phenoxy) is 1. The minimum absolute atomic E-state index is 0.215. The van der Waals surface area contributed by atoms with E-state index in [0.717, 1.165) is 11.3 Å². The van der Waals surface area contributed by atoms with Gasteiger partial charge in [-0.25, -0.2) is 8.42 Å². The first kappa shape index (κ1) is 21.8. The highest BCUT2D eigenvalue weighted by Crippen LogP contribution is 2.26. The molecule has 1 atom stereocenters. The van der Waals surface area contributed by atoms with E-state index in [0.29, 0.717) is 43.5 Å². The fourth-order valence-electron chi connectivity index (χ4n) is 3.52. The molecule has 0 radical (unpaired) electrons. The van der Waals surface area contributed by atoms with Gasteiger partial charge in [0.25, 0.3) is 0 Å². The van der Waals surface area contributed by atoms with E-state index in [1.54, 1.807) is 30.3 Å². The highest BCUT2D eigenvalue weighted by molar-refractivity contribution is 7.89. The van der Waals surface area contributed by atoms with E-state index >= 15 is 0 Å². The van der Waals surface area contributed by atoms with Crippen LogP contribution in [0.5, 0.6) is 5.75 Å². The number of rotatable bonds is 8. The number of nitrogens with zero attached hydrogens (tertiary/aromatic N) is 2. The number of piperazine rings is 1. The van der Waals surface area contributed by atoms with Gasteiger partial charge in [-0.2, -0.15) is 4.31 Å². The summed E-state index contributed by atoms with van der Waals surface area (Å²) >= 11 is 0. The van der Waals surface area contributed by atoms with Crippen molar-refractivity contribution < 1.29 is 18.3 Å². The van der Waals surface area contributed by atoms with Crippen LogP contribution in [0, 0.1) is 0 Å². The summed E-state index contributed by atoms with van der Waals surface area (Å²) in [6.07, 6.45) is -0.632. The Kier molecular flexibility index (Phi) is 7.29. The van der Waals surface area contributed by atoms with E-state index in [-0.39, 0.29) is 6.61 Å². The molecule has 29 heavy (non-hydrogen) atoms. The van der Waals surface area contributed by atoms with Crippen molar-refractivity contribution in [2.45, 2.75) is 30.8 Å². The molecule has 158 valence electrons. The summed E-state index contributed by atoms with van der Waals surface area (Å²) in [6.45, 7) is 6.91. The maximum atomic E-state index is 12.7. The zero-order valence-electron chi connectivity index (χ0n) is 17.1. The summed E-state index contributed by atoms with van der Waals surface area (Å²) in [7, 11) is -3.45. The van der Waals surface area contributed by atoms with Crippen LogP contribution in [-0.2, 0) is 10.0 Å². The third-order valence-electron chi connectivity index (χ3n) is 5.15. The molecule has 0 saturated carbocycles. The van der Waals surface area contributed by atoms with Crippen LogP contribution in [0.2, 0.25) is 0 Å². The van der Waals surface area contributed by atoms with Crippen LogP contribution in [0.4, 0.5) is 0 Å². The van der Waals surface area contributed by atoms with Crippen molar-refractivity contribution >= 4 is 10.0 Å². The topological polar surface area (TPSA) is 70.1 Å². The highest BCUT2D eigenvalue weighted by atomic mass is 32.2. The van der Waals surface area contributed by atoms with E-state index in [1.165, 1.54) is 4.31 Å². The molecule has 1 aliphatic rings. The van der Waals surface area contributed by atoms with Crippen molar-refractivity contribution in [3.63, 3.8) is 0 Å². The second-order valence-electron chi connectivity index (χ2n) is 7.68. The van der Waals surface area contributed by atoms with E-state index in [1.807, 2.05) is 24.3 Å². The molecule has 3 rings (SSSR count). The molecular weight excluding hydrogens is 388 g/mol. The SMILES string of the molecule is CC(C)c1ccccc1OCC(O)CN1CCN(S(=O)(=O)c2ccccc2)CC1. The highest BCUT2D eigenvalue weighted by Gasteiger charge is 2.29. The Morgan fingerprint density at radius 2 is 1.59 bits per heavy atom. The summed E-state index contributed by atoms with van der Waals surface area (Å²) in [5.74, 6) is 1.16. The molecule has 6 nitrogen and oxygen atoms in total. The minimum atomic E-state index is -3.45. The monoisotopic (exact) mass is 418 g/mol. The predicted molar refractivity (Wildman–Crippen MR) is 114 cm³/mol. The Morgan fingerprint density at radius 1 is 0.966 bits per heavy atom. The van der Waals surface area contributed by atoms with Gasteiger partial charge in [0, 0.05) is 32.7 Å². The molecule has 1 fully saturated rings. The third kappa shape index (κ3) is 5.57. The van der Waals surface area contributed by atoms with E-state index in [9.17, 15) is 13.5 Å². The number of aliphatic hydroxyl groups is 1. The van der Waals surface area contributed by atoms with E-state index < -0.39 is 16.1 Å². The molecule has 7 heteroatoms. The van der Waals surface area contributed by atoms with Crippen LogP contribution in [0.3, 0.4) is 0 Å². The van der Waals surface area contributed by atoms with Crippen molar-refractivity contribution in [1.29, 1.82) is 0 Å². The van der Waals surface area contributed by atoms with Gasteiger partial charge < -0.3 is 9.84 Å². The van der Waals surface area contributed by atoms with Gasteiger partial charge in [-0.05, 0) is 29.7 Å². The molecule has 1 saturated heterocycles. The van der Waals surface area contributed by atoms with Crippen LogP contribution in [0.25, 0.3) is 0 Å². The lowest BCUT2D eigenvalue weighted by molar-refractivity contribution is 0.0565. The van der Waals surface area contributed by atoms with Crippen molar-refractivity contribution in [2.75, 3.05) is 39.3 Å². The molecule has 1 heterocycles. The lowest BCUT2D eigenvalue weighted by atomic mass is 10.0. The molecule has 0 spiro atoms. The number of sulfonamides is 1. The smallest absolute Gasteiger partial charge is 0.243 e. The van der Waals surface area contributed by atoms with Crippen LogP contribution >= 0.6 is 0 Å². The van der Waals surface area contributed by atoms with Gasteiger partial charge in [-0.1, -0.05) is 50.2 Å². The summed E-state index contributed by atoms with van der Waals surface area (Å²) in [5.41, 5.74) is 1.12. The molecule has 1 unspecified atom stereocenters. The van der Waals surface area contributed by atoms with Crippen molar-refractivity contribution in [3.8, 4) is 5.75 Å². The first-order valence-electron chi connectivity index (χ1n) is 10.1. The van der Waals surface area contributed by atoms with Crippen molar-refractivity contribution in [3.05, 3.63) is 60.2 Å². The lowest BCUT2D eigenvalue weighted by Crippen LogP contribution is -2.50. The van der Waals surface area contributed by atoms with Gasteiger partial charge in [-0.15, -0.1) is 0 Å². The average Bonchev–Trinajstić information content (AvgIpc) is 2.73. The molecule has 0 aromatic heterocycles. The number of hydrogen-bond acceptors (Lipinski definition) is 5. The molecule has 0 amide bonds. The fourth-order valence-corrected chi connectivity index (χ4v) is 4.96. The summed E-state index contributed by atoms with van der Waals surface area (Å²) < 4.78 is 32.8.